The number of nitrogens with one attached hydrogen (secondary N) is 1. The van der Waals surface area contributed by atoms with Crippen molar-refractivity contribution in [3.8, 4) is 0 Å². The molecule has 0 unspecified atom stereocenters. The summed E-state index contributed by atoms with van der Waals surface area (Å²) in [5.41, 5.74) is 1.30. The number of amides is 3. The smallest absolute Gasteiger partial charge is 0.262 e. The first kappa shape index (κ1) is 18.2. The molecule has 2 rings (SSSR count). The Hall–Kier alpha value is -2.17. The lowest BCUT2D eigenvalue weighted by Gasteiger charge is -2.33. The van der Waals surface area contributed by atoms with Crippen LogP contribution in [0.5, 0.6) is 0 Å². The van der Waals surface area contributed by atoms with Gasteiger partial charge in [-0.05, 0) is 44.7 Å². The predicted molar refractivity (Wildman–Crippen MR) is 92.8 cm³/mol. The molecule has 0 aromatic heterocycles. The molecule has 24 heavy (non-hydrogen) atoms. The third-order valence-corrected chi connectivity index (χ3v) is 3.88. The van der Waals surface area contributed by atoms with Crippen LogP contribution in [0.4, 0.5) is 0 Å². The molecule has 1 aliphatic heterocycles. The monoisotopic (exact) mass is 330 g/mol. The van der Waals surface area contributed by atoms with Crippen LogP contribution in [0.3, 0.4) is 0 Å². The molecule has 1 aromatic rings. The lowest BCUT2D eigenvalue weighted by molar-refractivity contribution is -0.123. The van der Waals surface area contributed by atoms with Crippen molar-refractivity contribution in [2.75, 3.05) is 6.54 Å². The molecule has 5 heteroatoms. The fraction of sp³-hybridized carbons (Fsp3) is 0.526. The number of carbonyl (C=O) groups excluding carboxylic acids is 3. The molecule has 1 aromatic carbocycles. The van der Waals surface area contributed by atoms with Gasteiger partial charge in [-0.1, -0.05) is 32.4 Å². The molecule has 1 heterocycles. The molecule has 1 aliphatic rings. The summed E-state index contributed by atoms with van der Waals surface area (Å²) in [5, 5.41) is 2.93. The maximum Gasteiger partial charge on any atom is 0.262 e. The van der Waals surface area contributed by atoms with Crippen molar-refractivity contribution in [3.05, 3.63) is 34.9 Å². The van der Waals surface area contributed by atoms with Crippen LogP contribution in [0.2, 0.25) is 0 Å². The van der Waals surface area contributed by atoms with Gasteiger partial charge in [0.15, 0.2) is 0 Å². The first-order chi connectivity index (χ1) is 10.9. The number of hydrogen-bond donors (Lipinski definition) is 1. The molecule has 0 atom stereocenters. The summed E-state index contributed by atoms with van der Waals surface area (Å²) < 4.78 is 0. The van der Waals surface area contributed by atoms with Crippen molar-refractivity contribution < 1.29 is 14.4 Å². The normalized spacial score (nSPS) is 14.8. The second-order valence-electron chi connectivity index (χ2n) is 8.41. The Bertz CT molecular complexity index is 699. The summed E-state index contributed by atoms with van der Waals surface area (Å²) in [4.78, 5) is 38.2. The van der Waals surface area contributed by atoms with Gasteiger partial charge in [-0.25, -0.2) is 0 Å². The maximum absolute atomic E-state index is 12.4. The molecule has 0 radical (unpaired) electrons. The zero-order valence-corrected chi connectivity index (χ0v) is 15.3. The number of hydrogen-bond acceptors (Lipinski definition) is 3. The Balaban J connectivity index is 2.08. The Morgan fingerprint density at radius 3 is 2.21 bits per heavy atom. The van der Waals surface area contributed by atoms with Gasteiger partial charge in [0.2, 0.25) is 5.91 Å². The quantitative estimate of drug-likeness (QED) is 0.863. The molecular formula is C19H26N2O3. The minimum absolute atomic E-state index is 0.0594. The van der Waals surface area contributed by atoms with E-state index >= 15 is 0 Å². The molecule has 5 nitrogen and oxygen atoms in total. The summed E-state index contributed by atoms with van der Waals surface area (Å²) in [7, 11) is 0. The van der Waals surface area contributed by atoms with Gasteiger partial charge in [-0.3, -0.25) is 19.3 Å². The number of rotatable bonds is 4. The van der Waals surface area contributed by atoms with Crippen LogP contribution in [0, 0.1) is 12.3 Å². The summed E-state index contributed by atoms with van der Waals surface area (Å²) in [6.45, 7) is 11.8. The number of nitrogens with zero attached hydrogens (tertiary/aromatic N) is 1. The molecule has 1 N–H and O–H groups in total. The van der Waals surface area contributed by atoms with E-state index in [1.165, 1.54) is 0 Å². The predicted octanol–water partition coefficient (Wildman–Crippen LogP) is 2.92. The van der Waals surface area contributed by atoms with E-state index in [1.807, 2.05) is 20.8 Å². The third-order valence-electron chi connectivity index (χ3n) is 3.88. The summed E-state index contributed by atoms with van der Waals surface area (Å²) in [5.74, 6) is -1.13. The first-order valence-corrected chi connectivity index (χ1v) is 8.17. The highest BCUT2D eigenvalue weighted by atomic mass is 16.2. The van der Waals surface area contributed by atoms with E-state index in [0.29, 0.717) is 11.1 Å². The first-order valence-electron chi connectivity index (χ1n) is 8.17. The molecule has 0 saturated heterocycles. The Kier molecular flexibility index (Phi) is 4.57. The van der Waals surface area contributed by atoms with Crippen molar-refractivity contribution in [1.29, 1.82) is 0 Å². The zero-order valence-electron chi connectivity index (χ0n) is 15.3. The highest BCUT2D eigenvalue weighted by Crippen LogP contribution is 2.27. The molecule has 0 saturated carbocycles. The van der Waals surface area contributed by atoms with Crippen LogP contribution in [-0.2, 0) is 4.79 Å². The second-order valence-corrected chi connectivity index (χ2v) is 8.41. The number of carbonyl (C=O) groups is 3. The number of imide groups is 1. The number of fused-ring (bicyclic) bond motifs is 1. The van der Waals surface area contributed by atoms with Crippen molar-refractivity contribution in [2.24, 2.45) is 5.41 Å². The summed E-state index contributed by atoms with van der Waals surface area (Å²) in [6, 6.07) is 5.13. The van der Waals surface area contributed by atoms with Gasteiger partial charge in [0, 0.05) is 5.54 Å². The molecule has 0 aliphatic carbocycles. The Morgan fingerprint density at radius 2 is 1.62 bits per heavy atom. The van der Waals surface area contributed by atoms with Gasteiger partial charge in [0.25, 0.3) is 11.8 Å². The molecule has 130 valence electrons. The van der Waals surface area contributed by atoms with Crippen LogP contribution in [0.25, 0.3) is 0 Å². The minimum atomic E-state index is -0.412. The summed E-state index contributed by atoms with van der Waals surface area (Å²) in [6.07, 6.45) is 0.785. The van der Waals surface area contributed by atoms with Gasteiger partial charge in [0.1, 0.15) is 6.54 Å². The van der Waals surface area contributed by atoms with Crippen molar-refractivity contribution in [3.63, 3.8) is 0 Å². The average molecular weight is 330 g/mol. The molecule has 3 amide bonds. The van der Waals surface area contributed by atoms with Crippen LogP contribution < -0.4 is 5.32 Å². The largest absolute Gasteiger partial charge is 0.350 e. The number of aryl methyl sites for hydroxylation is 1. The van der Waals surface area contributed by atoms with Crippen LogP contribution >= 0.6 is 0 Å². The van der Waals surface area contributed by atoms with Gasteiger partial charge < -0.3 is 5.32 Å². The molecule has 0 fully saturated rings. The van der Waals surface area contributed by atoms with E-state index in [1.54, 1.807) is 18.2 Å². The van der Waals surface area contributed by atoms with E-state index in [4.69, 9.17) is 0 Å². The lowest BCUT2D eigenvalue weighted by atomic mass is 9.82. The Morgan fingerprint density at radius 1 is 1.04 bits per heavy atom. The van der Waals surface area contributed by atoms with Gasteiger partial charge in [-0.15, -0.1) is 0 Å². The maximum atomic E-state index is 12.4. The van der Waals surface area contributed by atoms with E-state index in [2.05, 4.69) is 26.1 Å². The van der Waals surface area contributed by atoms with Crippen molar-refractivity contribution in [1.82, 2.24) is 10.2 Å². The Labute approximate surface area is 143 Å². The topological polar surface area (TPSA) is 66.5 Å². The van der Waals surface area contributed by atoms with E-state index < -0.39 is 17.4 Å². The fourth-order valence-electron chi connectivity index (χ4n) is 3.48. The van der Waals surface area contributed by atoms with Gasteiger partial charge >= 0.3 is 0 Å². The highest BCUT2D eigenvalue weighted by Gasteiger charge is 2.37. The van der Waals surface area contributed by atoms with Crippen molar-refractivity contribution >= 4 is 17.7 Å². The lowest BCUT2D eigenvalue weighted by Crippen LogP contribution is -2.50. The third kappa shape index (κ3) is 4.02. The van der Waals surface area contributed by atoms with Crippen LogP contribution in [0.15, 0.2) is 18.2 Å². The standard InChI is InChI=1S/C19H26N2O3/c1-12-7-8-13-14(9-12)17(24)21(16(13)23)10-15(22)20-19(5,6)11-18(2,3)4/h7-9H,10-11H2,1-6H3,(H,20,22). The molecule has 0 spiro atoms. The van der Waals surface area contributed by atoms with Crippen LogP contribution in [-0.4, -0.2) is 34.7 Å². The van der Waals surface area contributed by atoms with E-state index in [0.717, 1.165) is 16.9 Å². The number of benzene rings is 1. The average Bonchev–Trinajstić information content (AvgIpc) is 2.60. The minimum Gasteiger partial charge on any atom is -0.350 e. The van der Waals surface area contributed by atoms with Gasteiger partial charge in [-0.2, -0.15) is 0 Å². The van der Waals surface area contributed by atoms with E-state index in [-0.39, 0.29) is 17.9 Å². The molecular weight excluding hydrogens is 304 g/mol. The zero-order chi connectivity index (χ0) is 18.3. The second kappa shape index (κ2) is 6.04. The fourth-order valence-corrected chi connectivity index (χ4v) is 3.48. The SMILES string of the molecule is Cc1ccc2c(c1)C(=O)N(CC(=O)NC(C)(C)CC(C)(C)C)C2=O. The highest BCUT2D eigenvalue weighted by molar-refractivity contribution is 6.22. The van der Waals surface area contributed by atoms with Crippen molar-refractivity contribution in [2.45, 2.75) is 53.5 Å². The summed E-state index contributed by atoms with van der Waals surface area (Å²) >= 11 is 0. The van der Waals surface area contributed by atoms with E-state index in [9.17, 15) is 14.4 Å². The van der Waals surface area contributed by atoms with Crippen LogP contribution in [0.1, 0.15) is 67.3 Å². The van der Waals surface area contributed by atoms with Gasteiger partial charge in [0.05, 0.1) is 11.1 Å². The molecule has 0 bridgehead atoms.